The molecule has 0 spiro atoms. The Labute approximate surface area is 568 Å². The molecule has 6 atom stereocenters. The first-order valence-electron chi connectivity index (χ1n) is 38.7. The molecular formula is C74H144O17P2. The van der Waals surface area contributed by atoms with E-state index in [0.29, 0.717) is 25.7 Å². The maximum absolute atomic E-state index is 13.1. The fourth-order valence-electron chi connectivity index (χ4n) is 11.3. The Hall–Kier alpha value is -1.94. The number of aliphatic hydroxyl groups excluding tert-OH is 1. The third-order valence-corrected chi connectivity index (χ3v) is 19.5. The van der Waals surface area contributed by atoms with Gasteiger partial charge in [0, 0.05) is 25.7 Å². The van der Waals surface area contributed by atoms with Gasteiger partial charge in [-0.2, -0.15) is 0 Å². The van der Waals surface area contributed by atoms with Crippen molar-refractivity contribution in [2.24, 2.45) is 5.92 Å². The molecular weight excluding hydrogens is 1220 g/mol. The van der Waals surface area contributed by atoms with Crippen molar-refractivity contribution in [1.82, 2.24) is 0 Å². The summed E-state index contributed by atoms with van der Waals surface area (Å²) < 4.78 is 68.3. The van der Waals surface area contributed by atoms with E-state index in [1.807, 2.05) is 0 Å². The van der Waals surface area contributed by atoms with Crippen LogP contribution in [-0.4, -0.2) is 96.7 Å². The average molecular weight is 1370 g/mol. The highest BCUT2D eigenvalue weighted by Gasteiger charge is 2.30. The molecule has 3 unspecified atom stereocenters. The summed E-state index contributed by atoms with van der Waals surface area (Å²) in [6.45, 7) is 7.19. The molecule has 0 aliphatic heterocycles. The van der Waals surface area contributed by atoms with E-state index in [-0.39, 0.29) is 25.7 Å². The van der Waals surface area contributed by atoms with Crippen molar-refractivity contribution in [3.8, 4) is 0 Å². The predicted octanol–water partition coefficient (Wildman–Crippen LogP) is 21.7. The van der Waals surface area contributed by atoms with Crippen molar-refractivity contribution in [3.63, 3.8) is 0 Å². The minimum Gasteiger partial charge on any atom is -0.462 e. The summed E-state index contributed by atoms with van der Waals surface area (Å²) in [5.74, 6) is -1.40. The number of aliphatic hydroxyl groups is 1. The van der Waals surface area contributed by atoms with Crippen LogP contribution in [0.1, 0.15) is 388 Å². The molecule has 0 rings (SSSR count). The van der Waals surface area contributed by atoms with Crippen molar-refractivity contribution in [2.45, 2.75) is 406 Å². The number of carbonyl (C=O) groups excluding carboxylic acids is 4. The minimum absolute atomic E-state index is 0.103. The van der Waals surface area contributed by atoms with Crippen molar-refractivity contribution >= 4 is 39.5 Å². The molecule has 0 fully saturated rings. The molecule has 0 aliphatic carbocycles. The molecule has 0 aromatic rings. The second-order valence-corrected chi connectivity index (χ2v) is 29.8. The van der Waals surface area contributed by atoms with Crippen LogP contribution in [0.2, 0.25) is 0 Å². The van der Waals surface area contributed by atoms with Gasteiger partial charge in [0.2, 0.25) is 0 Å². The highest BCUT2D eigenvalue weighted by Crippen LogP contribution is 2.45. The van der Waals surface area contributed by atoms with E-state index in [4.69, 9.17) is 37.0 Å². The number of ether oxygens (including phenoxy) is 4. The van der Waals surface area contributed by atoms with E-state index in [1.54, 1.807) is 0 Å². The first kappa shape index (κ1) is 91.1. The van der Waals surface area contributed by atoms with Gasteiger partial charge >= 0.3 is 39.5 Å². The summed E-state index contributed by atoms with van der Waals surface area (Å²) in [5.41, 5.74) is 0. The Kier molecular flexibility index (Phi) is 65.9. The van der Waals surface area contributed by atoms with Crippen LogP contribution in [0.15, 0.2) is 0 Å². The molecule has 17 nitrogen and oxygen atoms in total. The average Bonchev–Trinajstić information content (AvgIpc) is 2.71. The maximum atomic E-state index is 13.1. The van der Waals surface area contributed by atoms with Crippen molar-refractivity contribution in [3.05, 3.63) is 0 Å². The standard InChI is InChI=1S/C74H144O17P2/c1-6-10-13-16-19-22-24-26-27-28-29-30-31-32-33-34-36-38-40-43-49-54-59-73(78)90-69(63-85-72(77)58-53-48-42-39-37-35-25-23-20-17-14-11-7-2)65-88-92(80,81)86-61-68(75)62-87-93(82,83)89-66-70(64-84-71(76)57-52-47-41-21-18-15-12-8-3)91-74(79)60-55-50-45-44-46-51-56-67(5)9-4/h67-70,75H,6-66H2,1-5H3,(H,80,81)(H,82,83)/t67?,68-,69-,70-/m1/s1. The van der Waals surface area contributed by atoms with Gasteiger partial charge in [0.1, 0.15) is 19.3 Å². The molecule has 0 aromatic carbocycles. The lowest BCUT2D eigenvalue weighted by Gasteiger charge is -2.21. The van der Waals surface area contributed by atoms with Crippen LogP contribution < -0.4 is 0 Å². The molecule has 0 saturated heterocycles. The van der Waals surface area contributed by atoms with Crippen LogP contribution >= 0.6 is 15.6 Å². The number of rotatable bonds is 74. The number of unbranched alkanes of at least 4 members (excludes halogenated alkanes) is 45. The molecule has 0 radical (unpaired) electrons. The quantitative estimate of drug-likeness (QED) is 0.0222. The third-order valence-electron chi connectivity index (χ3n) is 17.6. The van der Waals surface area contributed by atoms with Gasteiger partial charge in [-0.15, -0.1) is 0 Å². The van der Waals surface area contributed by atoms with Crippen molar-refractivity contribution < 1.29 is 80.2 Å². The highest BCUT2D eigenvalue weighted by molar-refractivity contribution is 7.47. The molecule has 0 aromatic heterocycles. The van der Waals surface area contributed by atoms with Crippen LogP contribution in [0, 0.1) is 5.92 Å². The SMILES string of the molecule is CCCCCCCCCCCCCCCCCCCCCCCCC(=O)O[C@H](COC(=O)CCCCCCCCCCCCCCC)COP(=O)(O)OC[C@@H](O)COP(=O)(O)OC[C@@H](COC(=O)CCCCCCCCCC)OC(=O)CCCCCCCCC(C)CC. The largest absolute Gasteiger partial charge is 0.472 e. The number of phosphoric acid groups is 2. The second-order valence-electron chi connectivity index (χ2n) is 26.9. The van der Waals surface area contributed by atoms with Gasteiger partial charge < -0.3 is 33.8 Å². The van der Waals surface area contributed by atoms with Gasteiger partial charge in [0.05, 0.1) is 26.4 Å². The molecule has 0 saturated carbocycles. The number of carbonyl (C=O) groups is 4. The van der Waals surface area contributed by atoms with Crippen LogP contribution in [-0.2, 0) is 65.4 Å². The lowest BCUT2D eigenvalue weighted by Crippen LogP contribution is -2.30. The number of phosphoric ester groups is 2. The fraction of sp³-hybridized carbons (Fsp3) is 0.946. The van der Waals surface area contributed by atoms with E-state index >= 15 is 0 Å². The molecule has 0 amide bonds. The van der Waals surface area contributed by atoms with E-state index in [0.717, 1.165) is 102 Å². The monoisotopic (exact) mass is 1370 g/mol. The van der Waals surface area contributed by atoms with E-state index in [9.17, 15) is 43.2 Å². The molecule has 93 heavy (non-hydrogen) atoms. The molecule has 0 aliphatic rings. The van der Waals surface area contributed by atoms with Gasteiger partial charge in [-0.05, 0) is 31.6 Å². The van der Waals surface area contributed by atoms with Crippen LogP contribution in [0.4, 0.5) is 0 Å². The van der Waals surface area contributed by atoms with Crippen molar-refractivity contribution in [1.29, 1.82) is 0 Å². The normalized spacial score (nSPS) is 14.3. The zero-order chi connectivity index (χ0) is 68.4. The van der Waals surface area contributed by atoms with Crippen molar-refractivity contribution in [2.75, 3.05) is 39.6 Å². The first-order chi connectivity index (χ1) is 45.1. The Morgan fingerprint density at radius 1 is 0.301 bits per heavy atom. The zero-order valence-corrected chi connectivity index (χ0v) is 62.2. The zero-order valence-electron chi connectivity index (χ0n) is 60.4. The Bertz CT molecular complexity index is 1790. The van der Waals surface area contributed by atoms with E-state index in [2.05, 4.69) is 34.6 Å². The highest BCUT2D eigenvalue weighted by atomic mass is 31.2. The molecule has 3 N–H and O–H groups in total. The Morgan fingerprint density at radius 2 is 0.516 bits per heavy atom. The first-order valence-corrected chi connectivity index (χ1v) is 41.7. The lowest BCUT2D eigenvalue weighted by molar-refractivity contribution is -0.161. The smallest absolute Gasteiger partial charge is 0.462 e. The minimum atomic E-state index is -4.95. The predicted molar refractivity (Wildman–Crippen MR) is 377 cm³/mol. The number of esters is 4. The van der Waals surface area contributed by atoms with Gasteiger partial charge in [0.15, 0.2) is 12.2 Å². The third kappa shape index (κ3) is 67.0. The second kappa shape index (κ2) is 67.3. The maximum Gasteiger partial charge on any atom is 0.472 e. The van der Waals surface area contributed by atoms with Gasteiger partial charge in [-0.3, -0.25) is 37.3 Å². The van der Waals surface area contributed by atoms with Gasteiger partial charge in [0.25, 0.3) is 0 Å². The van der Waals surface area contributed by atoms with Crippen LogP contribution in [0.3, 0.4) is 0 Å². The molecule has 0 heterocycles. The topological polar surface area (TPSA) is 237 Å². The molecule has 552 valence electrons. The Morgan fingerprint density at radius 3 is 0.763 bits per heavy atom. The summed E-state index contributed by atoms with van der Waals surface area (Å²) in [6.07, 6.45) is 55.8. The number of hydrogen-bond donors (Lipinski definition) is 3. The number of hydrogen-bond acceptors (Lipinski definition) is 15. The fourth-order valence-corrected chi connectivity index (χ4v) is 12.9. The summed E-state index contributed by atoms with van der Waals surface area (Å²) in [4.78, 5) is 72.5. The summed E-state index contributed by atoms with van der Waals surface area (Å²) in [6, 6.07) is 0. The van der Waals surface area contributed by atoms with Gasteiger partial charge in [-0.25, -0.2) is 9.13 Å². The van der Waals surface area contributed by atoms with E-state index in [1.165, 1.54) is 205 Å². The summed E-state index contributed by atoms with van der Waals surface area (Å²) in [5, 5.41) is 10.6. The van der Waals surface area contributed by atoms with Crippen LogP contribution in [0.5, 0.6) is 0 Å². The van der Waals surface area contributed by atoms with Crippen LogP contribution in [0.25, 0.3) is 0 Å². The van der Waals surface area contributed by atoms with E-state index < -0.39 is 97.5 Å². The Balaban J connectivity index is 5.14. The summed E-state index contributed by atoms with van der Waals surface area (Å²) >= 11 is 0. The molecule has 0 bridgehead atoms. The lowest BCUT2D eigenvalue weighted by atomic mass is 10.00. The summed E-state index contributed by atoms with van der Waals surface area (Å²) in [7, 11) is -9.90. The molecule has 19 heteroatoms. The van der Waals surface area contributed by atoms with Gasteiger partial charge in [-0.1, -0.05) is 336 Å².